The number of methoxy groups -OCH3 is 1. The first-order valence-corrected chi connectivity index (χ1v) is 11.4. The summed E-state index contributed by atoms with van der Waals surface area (Å²) >= 11 is 6.14. The third-order valence-electron chi connectivity index (χ3n) is 4.48. The third kappa shape index (κ3) is 5.53. The van der Waals surface area contributed by atoms with Crippen molar-refractivity contribution in [2.24, 2.45) is 0 Å². The summed E-state index contributed by atoms with van der Waals surface area (Å²) in [6.07, 6.45) is 4.84. The van der Waals surface area contributed by atoms with E-state index in [0.29, 0.717) is 29.5 Å². The molecule has 0 bridgehead atoms. The Morgan fingerprint density at radius 1 is 1.20 bits per heavy atom. The number of carbonyl (C=O) groups is 1. The van der Waals surface area contributed by atoms with E-state index in [2.05, 4.69) is 4.18 Å². The van der Waals surface area contributed by atoms with E-state index in [1.807, 2.05) is 24.3 Å². The fraction of sp³-hybridized carbons (Fsp3) is 0.286. The molecule has 0 unspecified atom stereocenters. The molecule has 3 rings (SSSR count). The van der Waals surface area contributed by atoms with Gasteiger partial charge in [0, 0.05) is 23.7 Å². The highest BCUT2D eigenvalue weighted by Crippen LogP contribution is 2.39. The van der Waals surface area contributed by atoms with Crippen LogP contribution in [0, 0.1) is 0 Å². The zero-order chi connectivity index (χ0) is 21.7. The number of anilines is 1. The van der Waals surface area contributed by atoms with Gasteiger partial charge in [-0.15, -0.1) is 0 Å². The molecule has 0 N–H and O–H groups in total. The van der Waals surface area contributed by atoms with Crippen molar-refractivity contribution < 1.29 is 26.9 Å². The zero-order valence-electron chi connectivity index (χ0n) is 16.6. The van der Waals surface area contributed by atoms with Gasteiger partial charge in [0.25, 0.3) is 16.0 Å². The summed E-state index contributed by atoms with van der Waals surface area (Å²) in [6.45, 7) is 0.426. The molecule has 2 aromatic rings. The Morgan fingerprint density at radius 3 is 2.67 bits per heavy atom. The maximum atomic E-state index is 12.8. The molecule has 0 saturated heterocycles. The van der Waals surface area contributed by atoms with Crippen LogP contribution in [-0.2, 0) is 25.5 Å². The van der Waals surface area contributed by atoms with Crippen LogP contribution in [0.2, 0.25) is 5.02 Å². The van der Waals surface area contributed by atoms with Crippen molar-refractivity contribution in [2.75, 3.05) is 38.0 Å². The first-order chi connectivity index (χ1) is 14.3. The molecule has 0 fully saturated rings. The lowest BCUT2D eigenvalue weighted by molar-refractivity contribution is -0.114. The highest BCUT2D eigenvalue weighted by Gasteiger charge is 2.26. The van der Waals surface area contributed by atoms with Crippen LogP contribution >= 0.6 is 11.6 Å². The summed E-state index contributed by atoms with van der Waals surface area (Å²) in [7, 11) is -2.02. The topological polar surface area (TPSA) is 82.1 Å². The Bertz CT molecular complexity index is 1070. The van der Waals surface area contributed by atoms with E-state index in [-0.39, 0.29) is 19.1 Å². The monoisotopic (exact) mass is 451 g/mol. The van der Waals surface area contributed by atoms with E-state index >= 15 is 0 Å². The summed E-state index contributed by atoms with van der Waals surface area (Å²) in [5.74, 6) is 0.738. The number of rotatable bonds is 8. The van der Waals surface area contributed by atoms with E-state index in [1.165, 1.54) is 13.2 Å². The molecule has 0 aliphatic carbocycles. The number of amides is 1. The quantitative estimate of drug-likeness (QED) is 0.348. The van der Waals surface area contributed by atoms with Crippen LogP contribution in [0.5, 0.6) is 11.5 Å². The highest BCUT2D eigenvalue weighted by molar-refractivity contribution is 7.85. The average molecular weight is 452 g/mol. The second kappa shape index (κ2) is 9.51. The van der Waals surface area contributed by atoms with Crippen LogP contribution in [0.15, 0.2) is 42.5 Å². The molecule has 1 aliphatic rings. The molecular formula is C21H22ClNO6S. The summed E-state index contributed by atoms with van der Waals surface area (Å²) < 4.78 is 37.8. The predicted molar refractivity (Wildman–Crippen MR) is 116 cm³/mol. The summed E-state index contributed by atoms with van der Waals surface area (Å²) in [4.78, 5) is 14.4. The molecule has 1 amide bonds. The molecule has 2 aromatic carbocycles. The molecule has 0 radical (unpaired) electrons. The Kier molecular flexibility index (Phi) is 7.02. The van der Waals surface area contributed by atoms with E-state index in [9.17, 15) is 13.2 Å². The van der Waals surface area contributed by atoms with Crippen molar-refractivity contribution in [3.05, 3.63) is 58.6 Å². The van der Waals surface area contributed by atoms with Crippen LogP contribution in [-0.4, -0.2) is 47.4 Å². The van der Waals surface area contributed by atoms with Gasteiger partial charge >= 0.3 is 0 Å². The lowest BCUT2D eigenvalue weighted by Gasteiger charge is -2.18. The molecule has 0 aromatic heterocycles. The maximum Gasteiger partial charge on any atom is 0.264 e. The predicted octanol–water partition coefficient (Wildman–Crippen LogP) is 3.31. The zero-order valence-corrected chi connectivity index (χ0v) is 18.2. The molecular weight excluding hydrogens is 430 g/mol. The van der Waals surface area contributed by atoms with Crippen molar-refractivity contribution in [2.45, 2.75) is 6.42 Å². The van der Waals surface area contributed by atoms with Crippen molar-refractivity contribution in [3.63, 3.8) is 0 Å². The largest absolute Gasteiger partial charge is 0.493 e. The minimum absolute atomic E-state index is 0.0164. The number of hydrogen-bond acceptors (Lipinski definition) is 6. The van der Waals surface area contributed by atoms with Crippen LogP contribution < -0.4 is 14.4 Å². The molecule has 9 heteroatoms. The number of halogens is 1. The number of benzene rings is 2. The molecule has 1 heterocycles. The van der Waals surface area contributed by atoms with E-state index < -0.39 is 10.1 Å². The fourth-order valence-corrected chi connectivity index (χ4v) is 3.66. The standard InChI is InChI=1S/C21H22ClNO6S/c1-27-19-13-16-9-10-23(21(24)8-7-15-5-3-4-6-17(15)22)18(16)14-20(19)28-11-12-29-30(2,25)26/h3-8,13-14H,9-12H2,1-2H3. The summed E-state index contributed by atoms with van der Waals surface area (Å²) in [5.41, 5.74) is 2.45. The van der Waals surface area contributed by atoms with Crippen LogP contribution in [0.1, 0.15) is 11.1 Å². The van der Waals surface area contributed by atoms with Crippen molar-refractivity contribution in [3.8, 4) is 11.5 Å². The number of hydrogen-bond donors (Lipinski definition) is 0. The van der Waals surface area contributed by atoms with Crippen LogP contribution in [0.25, 0.3) is 6.08 Å². The normalized spacial score (nSPS) is 13.5. The van der Waals surface area contributed by atoms with Gasteiger partial charge in [-0.25, -0.2) is 0 Å². The first-order valence-electron chi connectivity index (χ1n) is 9.20. The van der Waals surface area contributed by atoms with Gasteiger partial charge in [0.15, 0.2) is 11.5 Å². The van der Waals surface area contributed by atoms with E-state index in [1.54, 1.807) is 23.1 Å². The van der Waals surface area contributed by atoms with Gasteiger partial charge in [-0.3, -0.25) is 8.98 Å². The van der Waals surface area contributed by atoms with Gasteiger partial charge in [0.05, 0.1) is 19.1 Å². The molecule has 0 atom stereocenters. The van der Waals surface area contributed by atoms with Crippen molar-refractivity contribution in [1.29, 1.82) is 0 Å². The minimum atomic E-state index is -3.54. The Balaban J connectivity index is 1.76. The van der Waals surface area contributed by atoms with E-state index in [4.69, 9.17) is 21.1 Å². The average Bonchev–Trinajstić information content (AvgIpc) is 3.11. The first kappa shape index (κ1) is 22.1. The minimum Gasteiger partial charge on any atom is -0.493 e. The van der Waals surface area contributed by atoms with Gasteiger partial charge in [0.1, 0.15) is 13.2 Å². The second-order valence-electron chi connectivity index (χ2n) is 6.60. The Labute approximate surface area is 180 Å². The number of ether oxygens (including phenoxy) is 2. The lowest BCUT2D eigenvalue weighted by Crippen LogP contribution is -2.26. The smallest absolute Gasteiger partial charge is 0.264 e. The fourth-order valence-electron chi connectivity index (χ4n) is 3.10. The van der Waals surface area contributed by atoms with Gasteiger partial charge in [-0.05, 0) is 35.8 Å². The van der Waals surface area contributed by atoms with E-state index in [0.717, 1.165) is 23.1 Å². The van der Waals surface area contributed by atoms with Crippen molar-refractivity contribution >= 4 is 39.4 Å². The Morgan fingerprint density at radius 2 is 1.97 bits per heavy atom. The van der Waals surface area contributed by atoms with Gasteiger partial charge in [-0.1, -0.05) is 29.8 Å². The Hall–Kier alpha value is -2.55. The summed E-state index contributed by atoms with van der Waals surface area (Å²) in [6, 6.07) is 10.8. The molecule has 7 nitrogen and oxygen atoms in total. The number of nitrogens with zero attached hydrogens (tertiary/aromatic N) is 1. The van der Waals surface area contributed by atoms with Gasteiger partial charge in [-0.2, -0.15) is 8.42 Å². The molecule has 30 heavy (non-hydrogen) atoms. The molecule has 0 saturated carbocycles. The van der Waals surface area contributed by atoms with Crippen LogP contribution in [0.3, 0.4) is 0 Å². The van der Waals surface area contributed by atoms with Gasteiger partial charge < -0.3 is 14.4 Å². The second-order valence-corrected chi connectivity index (χ2v) is 8.65. The SMILES string of the molecule is COc1cc2c(cc1OCCOS(C)(=O)=O)N(C(=O)C=Cc1ccccc1Cl)CC2. The third-order valence-corrected chi connectivity index (χ3v) is 5.41. The summed E-state index contributed by atoms with van der Waals surface area (Å²) in [5, 5.41) is 0.570. The van der Waals surface area contributed by atoms with Crippen LogP contribution in [0.4, 0.5) is 5.69 Å². The maximum absolute atomic E-state index is 12.8. The van der Waals surface area contributed by atoms with Crippen molar-refractivity contribution in [1.82, 2.24) is 0 Å². The molecule has 160 valence electrons. The molecule has 0 spiro atoms. The molecule has 1 aliphatic heterocycles. The van der Waals surface area contributed by atoms with Gasteiger partial charge in [0.2, 0.25) is 0 Å². The number of fused-ring (bicyclic) bond motifs is 1. The lowest BCUT2D eigenvalue weighted by atomic mass is 10.1. The highest BCUT2D eigenvalue weighted by atomic mass is 35.5. The number of carbonyl (C=O) groups excluding carboxylic acids is 1.